The van der Waals surface area contributed by atoms with E-state index in [1.54, 1.807) is 11.3 Å². The molecule has 1 aliphatic rings. The third kappa shape index (κ3) is 3.27. The van der Waals surface area contributed by atoms with E-state index in [0.717, 1.165) is 30.5 Å². The first kappa shape index (κ1) is 12.0. The Labute approximate surface area is 101 Å². The molecule has 0 bridgehead atoms. The molecule has 4 heteroatoms. The number of rotatable bonds is 4. The van der Waals surface area contributed by atoms with Gasteiger partial charge in [0, 0.05) is 6.04 Å². The lowest BCUT2D eigenvalue weighted by atomic mass is 10.1. The molecular formula is C12H20N2OS. The van der Waals surface area contributed by atoms with Crippen molar-refractivity contribution in [2.75, 3.05) is 13.2 Å². The SMILES string of the molecule is Cc1nc(C)c(COC[C@H]2CCCCN2)s1. The fraction of sp³-hybridized carbons (Fsp3) is 0.750. The third-order valence-corrected chi connectivity index (χ3v) is 4.01. The van der Waals surface area contributed by atoms with Crippen LogP contribution in [0.2, 0.25) is 0 Å². The molecule has 16 heavy (non-hydrogen) atoms. The topological polar surface area (TPSA) is 34.1 Å². The monoisotopic (exact) mass is 240 g/mol. The van der Waals surface area contributed by atoms with Crippen molar-refractivity contribution >= 4 is 11.3 Å². The lowest BCUT2D eigenvalue weighted by Gasteiger charge is -2.23. The number of hydrogen-bond donors (Lipinski definition) is 1. The molecule has 2 rings (SSSR count). The Balaban J connectivity index is 1.73. The summed E-state index contributed by atoms with van der Waals surface area (Å²) in [6.07, 6.45) is 3.89. The second-order valence-corrected chi connectivity index (χ2v) is 5.69. The smallest absolute Gasteiger partial charge is 0.0900 e. The van der Waals surface area contributed by atoms with Crippen molar-refractivity contribution in [1.29, 1.82) is 0 Å². The number of aryl methyl sites for hydroxylation is 2. The summed E-state index contributed by atoms with van der Waals surface area (Å²) in [6.45, 7) is 6.80. The lowest BCUT2D eigenvalue weighted by Crippen LogP contribution is -2.37. The normalized spacial score (nSPS) is 21.2. The summed E-state index contributed by atoms with van der Waals surface area (Å²) >= 11 is 1.74. The van der Waals surface area contributed by atoms with Crippen LogP contribution in [0.4, 0.5) is 0 Å². The molecule has 0 amide bonds. The van der Waals surface area contributed by atoms with Crippen LogP contribution in [0.1, 0.15) is 34.8 Å². The fourth-order valence-electron chi connectivity index (χ4n) is 2.07. The molecule has 2 heterocycles. The van der Waals surface area contributed by atoms with Crippen LogP contribution in [0, 0.1) is 13.8 Å². The number of nitrogens with zero attached hydrogens (tertiary/aromatic N) is 1. The van der Waals surface area contributed by atoms with Crippen LogP contribution >= 0.6 is 11.3 Å². The van der Waals surface area contributed by atoms with Gasteiger partial charge in [0.05, 0.1) is 28.8 Å². The number of hydrogen-bond acceptors (Lipinski definition) is 4. The van der Waals surface area contributed by atoms with E-state index in [0.29, 0.717) is 6.04 Å². The zero-order chi connectivity index (χ0) is 11.4. The molecule has 1 aromatic rings. The van der Waals surface area contributed by atoms with E-state index in [9.17, 15) is 0 Å². The standard InChI is InChI=1S/C12H20N2OS/c1-9-12(16-10(2)14-9)8-15-7-11-5-3-4-6-13-11/h11,13H,3-8H2,1-2H3/t11-/m1/s1. The average Bonchev–Trinajstić information content (AvgIpc) is 2.59. The number of nitrogens with one attached hydrogen (secondary N) is 1. The van der Waals surface area contributed by atoms with E-state index in [4.69, 9.17) is 4.74 Å². The zero-order valence-corrected chi connectivity index (χ0v) is 10.9. The molecule has 0 saturated carbocycles. The van der Waals surface area contributed by atoms with Gasteiger partial charge in [-0.15, -0.1) is 11.3 Å². The first-order valence-electron chi connectivity index (χ1n) is 6.00. The van der Waals surface area contributed by atoms with Crippen LogP contribution in [0.15, 0.2) is 0 Å². The summed E-state index contributed by atoms with van der Waals surface area (Å²) in [7, 11) is 0. The molecule has 0 unspecified atom stereocenters. The van der Waals surface area contributed by atoms with E-state index in [1.807, 2.05) is 6.92 Å². The van der Waals surface area contributed by atoms with Crippen molar-refractivity contribution in [2.45, 2.75) is 45.8 Å². The molecule has 3 nitrogen and oxygen atoms in total. The van der Waals surface area contributed by atoms with Gasteiger partial charge in [0.15, 0.2) is 0 Å². The van der Waals surface area contributed by atoms with Gasteiger partial charge in [-0.3, -0.25) is 0 Å². The Hall–Kier alpha value is -0.450. The van der Waals surface area contributed by atoms with Crippen molar-refractivity contribution < 1.29 is 4.74 Å². The quantitative estimate of drug-likeness (QED) is 0.877. The van der Waals surface area contributed by atoms with Gasteiger partial charge >= 0.3 is 0 Å². The Morgan fingerprint density at radius 3 is 2.94 bits per heavy atom. The second-order valence-electron chi connectivity index (χ2n) is 4.40. The van der Waals surface area contributed by atoms with Gasteiger partial charge in [0.1, 0.15) is 0 Å². The van der Waals surface area contributed by atoms with E-state index >= 15 is 0 Å². The third-order valence-electron chi connectivity index (χ3n) is 2.96. The molecule has 1 aliphatic heterocycles. The van der Waals surface area contributed by atoms with Crippen molar-refractivity contribution in [3.8, 4) is 0 Å². The van der Waals surface area contributed by atoms with Gasteiger partial charge < -0.3 is 10.1 Å². The van der Waals surface area contributed by atoms with Gasteiger partial charge in [-0.25, -0.2) is 4.98 Å². The van der Waals surface area contributed by atoms with Gasteiger partial charge in [-0.2, -0.15) is 0 Å². The summed E-state index contributed by atoms with van der Waals surface area (Å²) in [5.41, 5.74) is 1.12. The average molecular weight is 240 g/mol. The maximum atomic E-state index is 5.76. The summed E-state index contributed by atoms with van der Waals surface area (Å²) in [6, 6.07) is 0.558. The molecule has 1 aromatic heterocycles. The minimum atomic E-state index is 0.558. The highest BCUT2D eigenvalue weighted by Crippen LogP contribution is 2.18. The van der Waals surface area contributed by atoms with Crippen LogP contribution in [0.5, 0.6) is 0 Å². The van der Waals surface area contributed by atoms with Crippen LogP contribution < -0.4 is 5.32 Å². The summed E-state index contributed by atoms with van der Waals surface area (Å²) in [5.74, 6) is 0. The first-order valence-corrected chi connectivity index (χ1v) is 6.81. The van der Waals surface area contributed by atoms with E-state index in [-0.39, 0.29) is 0 Å². The maximum absolute atomic E-state index is 5.76. The molecule has 1 N–H and O–H groups in total. The number of aromatic nitrogens is 1. The summed E-state index contributed by atoms with van der Waals surface area (Å²) in [5, 5.41) is 4.62. The van der Waals surface area contributed by atoms with Gasteiger partial charge in [0.2, 0.25) is 0 Å². The van der Waals surface area contributed by atoms with Crippen molar-refractivity contribution in [1.82, 2.24) is 10.3 Å². The molecule has 1 atom stereocenters. The molecule has 0 radical (unpaired) electrons. The van der Waals surface area contributed by atoms with Crippen molar-refractivity contribution in [3.05, 3.63) is 15.6 Å². The number of thiazole rings is 1. The van der Waals surface area contributed by atoms with Crippen LogP contribution in [0.3, 0.4) is 0 Å². The van der Waals surface area contributed by atoms with E-state index < -0.39 is 0 Å². The highest BCUT2D eigenvalue weighted by molar-refractivity contribution is 7.11. The predicted molar refractivity (Wildman–Crippen MR) is 66.9 cm³/mol. The highest BCUT2D eigenvalue weighted by Gasteiger charge is 2.13. The predicted octanol–water partition coefficient (Wildman–Crippen LogP) is 2.42. The van der Waals surface area contributed by atoms with Crippen LogP contribution in [0.25, 0.3) is 0 Å². The molecule has 90 valence electrons. The fourth-order valence-corrected chi connectivity index (χ4v) is 2.94. The minimum absolute atomic E-state index is 0.558. The van der Waals surface area contributed by atoms with E-state index in [1.165, 1.54) is 24.1 Å². The molecule has 1 saturated heterocycles. The molecular weight excluding hydrogens is 220 g/mol. The van der Waals surface area contributed by atoms with Gasteiger partial charge in [0.25, 0.3) is 0 Å². The van der Waals surface area contributed by atoms with Crippen molar-refractivity contribution in [2.24, 2.45) is 0 Å². The summed E-state index contributed by atoms with van der Waals surface area (Å²) in [4.78, 5) is 5.67. The maximum Gasteiger partial charge on any atom is 0.0900 e. The minimum Gasteiger partial charge on any atom is -0.374 e. The first-order chi connectivity index (χ1) is 7.75. The molecule has 0 aliphatic carbocycles. The Morgan fingerprint density at radius 2 is 2.31 bits per heavy atom. The molecule has 1 fully saturated rings. The second kappa shape index (κ2) is 5.75. The molecule has 0 spiro atoms. The number of piperidine rings is 1. The zero-order valence-electron chi connectivity index (χ0n) is 10.1. The van der Waals surface area contributed by atoms with Crippen molar-refractivity contribution in [3.63, 3.8) is 0 Å². The highest BCUT2D eigenvalue weighted by atomic mass is 32.1. The van der Waals surface area contributed by atoms with Crippen LogP contribution in [-0.2, 0) is 11.3 Å². The lowest BCUT2D eigenvalue weighted by molar-refractivity contribution is 0.0924. The summed E-state index contributed by atoms with van der Waals surface area (Å²) < 4.78 is 5.76. The Morgan fingerprint density at radius 1 is 1.44 bits per heavy atom. The van der Waals surface area contributed by atoms with Gasteiger partial charge in [-0.1, -0.05) is 6.42 Å². The Kier molecular flexibility index (Phi) is 4.32. The van der Waals surface area contributed by atoms with Crippen LogP contribution in [-0.4, -0.2) is 24.2 Å². The largest absolute Gasteiger partial charge is 0.374 e. The number of ether oxygens (including phenoxy) is 1. The van der Waals surface area contributed by atoms with Gasteiger partial charge in [-0.05, 0) is 33.2 Å². The molecule has 0 aromatic carbocycles. The van der Waals surface area contributed by atoms with E-state index in [2.05, 4.69) is 17.2 Å². The Bertz CT molecular complexity index is 332.